The number of nitrogen functional groups attached to an aromatic ring is 1. The molecule has 1 atom stereocenters. The number of hydrogen-bond donors (Lipinski definition) is 4. The van der Waals surface area contributed by atoms with Crippen molar-refractivity contribution in [3.05, 3.63) is 88.9 Å². The van der Waals surface area contributed by atoms with E-state index in [2.05, 4.69) is 26.6 Å². The molecule has 2 amide bonds. The molecule has 8 nitrogen and oxygen atoms in total. The standard InChI is InChI=1S/C27H28BrN3O5/c1-27(2,15-14-24(33)31-21-7-5-4-6-20(21)29)25(17-8-13-23(35-3)22(32)16-17)36-26(34)30-19-11-9-18(28)10-12-19/h4-16,25,32H,29H2,1-3H3,(H,30,34)(H,31,33)/b15-14+/t25-/m1/s1. The van der Waals surface area contributed by atoms with Crippen LogP contribution in [0.4, 0.5) is 21.9 Å². The van der Waals surface area contributed by atoms with Gasteiger partial charge in [-0.15, -0.1) is 0 Å². The first-order valence-corrected chi connectivity index (χ1v) is 11.8. The molecule has 0 saturated carbocycles. The number of halogens is 1. The molecule has 0 unspecified atom stereocenters. The molecule has 188 valence electrons. The molecule has 0 fully saturated rings. The Morgan fingerprint density at radius 3 is 2.39 bits per heavy atom. The van der Waals surface area contributed by atoms with E-state index in [0.29, 0.717) is 22.6 Å². The van der Waals surface area contributed by atoms with Gasteiger partial charge in [0.15, 0.2) is 11.5 Å². The number of nitrogens with one attached hydrogen (secondary N) is 2. The molecule has 9 heteroatoms. The fourth-order valence-electron chi connectivity index (χ4n) is 3.47. The van der Waals surface area contributed by atoms with Gasteiger partial charge in [-0.25, -0.2) is 4.79 Å². The normalized spacial score (nSPS) is 12.1. The lowest BCUT2D eigenvalue weighted by Gasteiger charge is -2.32. The topological polar surface area (TPSA) is 123 Å². The number of methoxy groups -OCH3 is 1. The van der Waals surface area contributed by atoms with Crippen LogP contribution in [0.2, 0.25) is 0 Å². The lowest BCUT2D eigenvalue weighted by atomic mass is 9.82. The van der Waals surface area contributed by atoms with Crippen LogP contribution in [0.3, 0.4) is 0 Å². The van der Waals surface area contributed by atoms with Crippen molar-refractivity contribution in [1.82, 2.24) is 0 Å². The number of aromatic hydroxyl groups is 1. The maximum Gasteiger partial charge on any atom is 0.412 e. The van der Waals surface area contributed by atoms with E-state index in [9.17, 15) is 14.7 Å². The highest BCUT2D eigenvalue weighted by atomic mass is 79.9. The summed E-state index contributed by atoms with van der Waals surface area (Å²) in [5.74, 6) is -0.212. The molecule has 0 aliphatic rings. The number of anilines is 3. The molecule has 36 heavy (non-hydrogen) atoms. The number of ether oxygens (including phenoxy) is 2. The maximum absolute atomic E-state index is 12.8. The van der Waals surface area contributed by atoms with Crippen molar-refractivity contribution < 1.29 is 24.2 Å². The van der Waals surface area contributed by atoms with E-state index in [1.54, 1.807) is 66.7 Å². The summed E-state index contributed by atoms with van der Waals surface area (Å²) < 4.78 is 11.8. The summed E-state index contributed by atoms with van der Waals surface area (Å²) in [4.78, 5) is 25.4. The Balaban J connectivity index is 1.85. The second-order valence-electron chi connectivity index (χ2n) is 8.58. The quantitative estimate of drug-likeness (QED) is 0.193. The average molecular weight is 554 g/mol. The molecule has 0 bridgehead atoms. The Morgan fingerprint density at radius 2 is 1.75 bits per heavy atom. The minimum absolute atomic E-state index is 0.103. The zero-order valence-corrected chi connectivity index (χ0v) is 21.7. The Morgan fingerprint density at radius 1 is 1.06 bits per heavy atom. The Kier molecular flexibility index (Phi) is 8.60. The van der Waals surface area contributed by atoms with Crippen LogP contribution in [0, 0.1) is 5.41 Å². The third-order valence-corrected chi connectivity index (χ3v) is 5.91. The number of amides is 2. The molecule has 0 aromatic heterocycles. The Labute approximate surface area is 218 Å². The van der Waals surface area contributed by atoms with Gasteiger partial charge in [-0.2, -0.15) is 0 Å². The monoisotopic (exact) mass is 553 g/mol. The van der Waals surface area contributed by atoms with E-state index in [1.807, 2.05) is 13.8 Å². The van der Waals surface area contributed by atoms with Gasteiger partial charge in [-0.05, 0) is 60.2 Å². The van der Waals surface area contributed by atoms with Crippen LogP contribution in [-0.4, -0.2) is 24.2 Å². The number of carbonyl (C=O) groups is 2. The molecule has 3 aromatic rings. The van der Waals surface area contributed by atoms with E-state index in [-0.39, 0.29) is 11.5 Å². The minimum atomic E-state index is -0.865. The van der Waals surface area contributed by atoms with Gasteiger partial charge in [0.2, 0.25) is 5.91 Å². The Bertz CT molecular complexity index is 1260. The van der Waals surface area contributed by atoms with Crippen molar-refractivity contribution in [1.29, 1.82) is 0 Å². The van der Waals surface area contributed by atoms with E-state index in [0.717, 1.165) is 4.47 Å². The average Bonchev–Trinajstić information content (AvgIpc) is 2.84. The number of para-hydroxylation sites is 2. The third-order valence-electron chi connectivity index (χ3n) is 5.38. The van der Waals surface area contributed by atoms with Crippen molar-refractivity contribution >= 4 is 45.0 Å². The van der Waals surface area contributed by atoms with Crippen molar-refractivity contribution in [2.75, 3.05) is 23.5 Å². The first-order valence-electron chi connectivity index (χ1n) is 11.0. The second-order valence-corrected chi connectivity index (χ2v) is 9.50. The summed E-state index contributed by atoms with van der Waals surface area (Å²) >= 11 is 3.36. The summed E-state index contributed by atoms with van der Waals surface area (Å²) in [5, 5.41) is 15.8. The number of phenols is 1. The largest absolute Gasteiger partial charge is 0.504 e. The number of rotatable bonds is 8. The van der Waals surface area contributed by atoms with Crippen LogP contribution in [0.5, 0.6) is 11.5 Å². The SMILES string of the molecule is COc1ccc([C@@H](OC(=O)Nc2ccc(Br)cc2)C(C)(C)/C=C/C(=O)Nc2ccccc2N)cc1O. The molecule has 0 spiro atoms. The van der Waals surface area contributed by atoms with E-state index in [4.69, 9.17) is 15.2 Å². The number of carbonyl (C=O) groups excluding carboxylic acids is 2. The fraction of sp³-hybridized carbons (Fsp3) is 0.185. The fourth-order valence-corrected chi connectivity index (χ4v) is 3.73. The first kappa shape index (κ1) is 26.6. The molecule has 0 radical (unpaired) electrons. The second kappa shape index (κ2) is 11.6. The molecule has 0 aliphatic heterocycles. The van der Waals surface area contributed by atoms with Crippen molar-refractivity contribution in [3.8, 4) is 11.5 Å². The first-order chi connectivity index (χ1) is 17.1. The maximum atomic E-state index is 12.8. The molecular formula is C27H28BrN3O5. The third kappa shape index (κ3) is 7.02. The molecular weight excluding hydrogens is 526 g/mol. The van der Waals surface area contributed by atoms with Gasteiger partial charge in [0.1, 0.15) is 6.10 Å². The van der Waals surface area contributed by atoms with E-state index >= 15 is 0 Å². The molecule has 5 N–H and O–H groups in total. The van der Waals surface area contributed by atoms with Crippen molar-refractivity contribution in [2.45, 2.75) is 20.0 Å². The van der Waals surface area contributed by atoms with Crippen LogP contribution < -0.4 is 21.1 Å². The number of benzene rings is 3. The number of nitrogens with two attached hydrogens (primary N) is 1. The van der Waals surface area contributed by atoms with Gasteiger partial charge in [-0.1, -0.05) is 54.1 Å². The van der Waals surface area contributed by atoms with Crippen LogP contribution in [0.1, 0.15) is 25.5 Å². The highest BCUT2D eigenvalue weighted by Gasteiger charge is 2.33. The van der Waals surface area contributed by atoms with Crippen LogP contribution in [0.25, 0.3) is 0 Å². The predicted octanol–water partition coefficient (Wildman–Crippen LogP) is 6.26. The van der Waals surface area contributed by atoms with Crippen LogP contribution >= 0.6 is 15.9 Å². The van der Waals surface area contributed by atoms with Crippen molar-refractivity contribution in [2.24, 2.45) is 5.41 Å². The Hall–Kier alpha value is -3.98. The van der Waals surface area contributed by atoms with E-state index < -0.39 is 23.5 Å². The summed E-state index contributed by atoms with van der Waals surface area (Å²) in [6.45, 7) is 3.62. The molecule has 0 saturated heterocycles. The highest BCUT2D eigenvalue weighted by Crippen LogP contribution is 2.41. The predicted molar refractivity (Wildman–Crippen MR) is 144 cm³/mol. The lowest BCUT2D eigenvalue weighted by Crippen LogP contribution is -2.28. The number of hydrogen-bond acceptors (Lipinski definition) is 6. The van der Waals surface area contributed by atoms with Gasteiger partial charge in [-0.3, -0.25) is 10.1 Å². The van der Waals surface area contributed by atoms with Gasteiger partial charge >= 0.3 is 6.09 Å². The van der Waals surface area contributed by atoms with Crippen LogP contribution in [0.15, 0.2) is 83.4 Å². The van der Waals surface area contributed by atoms with Gasteiger partial charge in [0, 0.05) is 15.6 Å². The van der Waals surface area contributed by atoms with Gasteiger partial charge < -0.3 is 25.6 Å². The summed E-state index contributed by atoms with van der Waals surface area (Å²) in [5.41, 5.74) is 7.04. The zero-order valence-electron chi connectivity index (χ0n) is 20.1. The molecule has 0 heterocycles. The lowest BCUT2D eigenvalue weighted by molar-refractivity contribution is -0.112. The van der Waals surface area contributed by atoms with Gasteiger partial charge in [0.25, 0.3) is 0 Å². The highest BCUT2D eigenvalue weighted by molar-refractivity contribution is 9.10. The minimum Gasteiger partial charge on any atom is -0.504 e. The van der Waals surface area contributed by atoms with E-state index in [1.165, 1.54) is 19.3 Å². The van der Waals surface area contributed by atoms with Crippen LogP contribution in [-0.2, 0) is 9.53 Å². The summed E-state index contributed by atoms with van der Waals surface area (Å²) in [6, 6.07) is 18.7. The summed E-state index contributed by atoms with van der Waals surface area (Å²) in [6.07, 6.45) is 1.44. The number of phenolic OH excluding ortho intramolecular Hbond substituents is 1. The zero-order chi connectivity index (χ0) is 26.3. The molecule has 0 aliphatic carbocycles. The molecule has 3 aromatic carbocycles. The smallest absolute Gasteiger partial charge is 0.412 e. The summed E-state index contributed by atoms with van der Waals surface area (Å²) in [7, 11) is 1.44. The van der Waals surface area contributed by atoms with Gasteiger partial charge in [0.05, 0.1) is 18.5 Å². The van der Waals surface area contributed by atoms with Crippen molar-refractivity contribution in [3.63, 3.8) is 0 Å². The molecule has 3 rings (SSSR count).